The van der Waals surface area contributed by atoms with Crippen molar-refractivity contribution in [2.24, 2.45) is 0 Å². The summed E-state index contributed by atoms with van der Waals surface area (Å²) in [6, 6.07) is 24.7. The fourth-order valence-corrected chi connectivity index (χ4v) is 5.02. The Bertz CT molecular complexity index is 1370. The van der Waals surface area contributed by atoms with Crippen molar-refractivity contribution < 1.29 is 18.0 Å². The molecule has 0 saturated heterocycles. The van der Waals surface area contributed by atoms with E-state index in [0.717, 1.165) is 11.3 Å². The van der Waals surface area contributed by atoms with Crippen LogP contribution in [-0.2, 0) is 10.0 Å². The molecule has 10 heteroatoms. The molecule has 0 aliphatic rings. The SMILES string of the molecule is O=C(Nc1ccccc1)Nc1ccc(NC(=O)c2ccc(NS(=O)(=O)c3cccs3)cc2)cc1. The molecule has 0 aliphatic heterocycles. The summed E-state index contributed by atoms with van der Waals surface area (Å²) >= 11 is 1.12. The highest BCUT2D eigenvalue weighted by atomic mass is 32.2. The highest BCUT2D eigenvalue weighted by Gasteiger charge is 2.15. The van der Waals surface area contributed by atoms with Gasteiger partial charge in [-0.1, -0.05) is 24.3 Å². The van der Waals surface area contributed by atoms with Gasteiger partial charge in [0.15, 0.2) is 0 Å². The first-order valence-electron chi connectivity index (χ1n) is 10.1. The van der Waals surface area contributed by atoms with E-state index in [2.05, 4.69) is 20.7 Å². The fourth-order valence-electron chi connectivity index (χ4n) is 2.97. The van der Waals surface area contributed by atoms with Crippen molar-refractivity contribution in [2.45, 2.75) is 4.21 Å². The smallest absolute Gasteiger partial charge is 0.322 e. The molecular weight excluding hydrogens is 472 g/mol. The monoisotopic (exact) mass is 492 g/mol. The van der Waals surface area contributed by atoms with E-state index in [1.807, 2.05) is 18.2 Å². The Morgan fingerprint density at radius 3 is 1.76 bits per heavy atom. The molecule has 8 nitrogen and oxygen atoms in total. The lowest BCUT2D eigenvalue weighted by Crippen LogP contribution is -2.19. The van der Waals surface area contributed by atoms with Gasteiger partial charge in [0.05, 0.1) is 0 Å². The number of nitrogens with one attached hydrogen (secondary N) is 4. The van der Waals surface area contributed by atoms with Crippen LogP contribution in [0.3, 0.4) is 0 Å². The van der Waals surface area contributed by atoms with Gasteiger partial charge in [0, 0.05) is 28.3 Å². The number of rotatable bonds is 7. The van der Waals surface area contributed by atoms with Gasteiger partial charge in [0.25, 0.3) is 15.9 Å². The number of sulfonamides is 1. The van der Waals surface area contributed by atoms with Gasteiger partial charge in [0.1, 0.15) is 4.21 Å². The number of anilines is 4. The first-order valence-corrected chi connectivity index (χ1v) is 12.5. The Balaban J connectivity index is 1.32. The van der Waals surface area contributed by atoms with E-state index < -0.39 is 10.0 Å². The van der Waals surface area contributed by atoms with Crippen LogP contribution in [0.25, 0.3) is 0 Å². The number of carbonyl (C=O) groups is 2. The molecule has 4 aromatic rings. The van der Waals surface area contributed by atoms with Gasteiger partial charge in [-0.05, 0) is 72.1 Å². The van der Waals surface area contributed by atoms with Crippen LogP contribution in [0.4, 0.5) is 27.5 Å². The van der Waals surface area contributed by atoms with Gasteiger partial charge in [-0.3, -0.25) is 9.52 Å². The quantitative estimate of drug-likeness (QED) is 0.275. The molecule has 4 N–H and O–H groups in total. The Kier molecular flexibility index (Phi) is 6.90. The van der Waals surface area contributed by atoms with Crippen LogP contribution in [0, 0.1) is 0 Å². The molecule has 3 amide bonds. The number of carbonyl (C=O) groups excluding carboxylic acids is 2. The lowest BCUT2D eigenvalue weighted by atomic mass is 10.2. The van der Waals surface area contributed by atoms with Crippen molar-refractivity contribution in [3.8, 4) is 0 Å². The Morgan fingerprint density at radius 1 is 0.618 bits per heavy atom. The number of hydrogen-bond donors (Lipinski definition) is 4. The summed E-state index contributed by atoms with van der Waals surface area (Å²) in [7, 11) is -3.65. The summed E-state index contributed by atoms with van der Waals surface area (Å²) in [6.07, 6.45) is 0. The Hall–Kier alpha value is -4.15. The van der Waals surface area contributed by atoms with E-state index in [1.165, 1.54) is 30.3 Å². The van der Waals surface area contributed by atoms with Crippen LogP contribution in [0.5, 0.6) is 0 Å². The van der Waals surface area contributed by atoms with Gasteiger partial charge in [0.2, 0.25) is 0 Å². The molecule has 4 rings (SSSR count). The topological polar surface area (TPSA) is 116 Å². The lowest BCUT2D eigenvalue weighted by Gasteiger charge is -2.10. The van der Waals surface area contributed by atoms with Crippen molar-refractivity contribution in [3.63, 3.8) is 0 Å². The summed E-state index contributed by atoms with van der Waals surface area (Å²) in [5.41, 5.74) is 2.50. The summed E-state index contributed by atoms with van der Waals surface area (Å²) < 4.78 is 27.3. The van der Waals surface area contributed by atoms with Crippen molar-refractivity contribution in [1.29, 1.82) is 0 Å². The van der Waals surface area contributed by atoms with E-state index in [0.29, 0.717) is 28.3 Å². The number of para-hydroxylation sites is 1. The van der Waals surface area contributed by atoms with Crippen molar-refractivity contribution in [1.82, 2.24) is 0 Å². The van der Waals surface area contributed by atoms with Crippen LogP contribution in [0.1, 0.15) is 10.4 Å². The first-order chi connectivity index (χ1) is 16.4. The maximum Gasteiger partial charge on any atom is 0.323 e. The minimum Gasteiger partial charge on any atom is -0.322 e. The number of benzene rings is 3. The van der Waals surface area contributed by atoms with E-state index in [-0.39, 0.29) is 16.1 Å². The second-order valence-corrected chi connectivity index (χ2v) is 9.95. The molecule has 3 aromatic carbocycles. The molecule has 0 bridgehead atoms. The van der Waals surface area contributed by atoms with Gasteiger partial charge in [-0.25, -0.2) is 13.2 Å². The van der Waals surface area contributed by atoms with Crippen LogP contribution >= 0.6 is 11.3 Å². The largest absolute Gasteiger partial charge is 0.323 e. The van der Waals surface area contributed by atoms with Crippen LogP contribution < -0.4 is 20.7 Å². The first kappa shape index (κ1) is 23.0. The average molecular weight is 493 g/mol. The zero-order valence-electron chi connectivity index (χ0n) is 17.7. The Morgan fingerprint density at radius 2 is 1.18 bits per heavy atom. The molecule has 1 heterocycles. The number of hydrogen-bond acceptors (Lipinski definition) is 5. The molecule has 172 valence electrons. The van der Waals surface area contributed by atoms with Crippen LogP contribution in [-0.4, -0.2) is 20.4 Å². The highest BCUT2D eigenvalue weighted by molar-refractivity contribution is 7.94. The maximum absolute atomic E-state index is 12.5. The molecule has 0 aliphatic carbocycles. The van der Waals surface area contributed by atoms with Crippen molar-refractivity contribution in [2.75, 3.05) is 20.7 Å². The van der Waals surface area contributed by atoms with E-state index >= 15 is 0 Å². The predicted octanol–water partition coefficient (Wildman–Crippen LogP) is 5.45. The number of thiophene rings is 1. The molecule has 0 saturated carbocycles. The fraction of sp³-hybridized carbons (Fsp3) is 0. The van der Waals surface area contributed by atoms with E-state index in [1.54, 1.807) is 47.8 Å². The summed E-state index contributed by atoms with van der Waals surface area (Å²) in [5.74, 6) is -0.352. The zero-order chi connectivity index (χ0) is 24.0. The van der Waals surface area contributed by atoms with Crippen LogP contribution in [0.2, 0.25) is 0 Å². The summed E-state index contributed by atoms with van der Waals surface area (Å²) in [4.78, 5) is 24.6. The molecule has 0 unspecified atom stereocenters. The predicted molar refractivity (Wildman–Crippen MR) is 135 cm³/mol. The average Bonchev–Trinajstić information content (AvgIpc) is 3.37. The van der Waals surface area contributed by atoms with Gasteiger partial charge >= 0.3 is 6.03 Å². The second kappa shape index (κ2) is 10.2. The molecular formula is C24H20N4O4S2. The van der Waals surface area contributed by atoms with E-state index in [9.17, 15) is 18.0 Å². The van der Waals surface area contributed by atoms with Gasteiger partial charge in [-0.15, -0.1) is 11.3 Å². The van der Waals surface area contributed by atoms with Crippen molar-refractivity contribution in [3.05, 3.63) is 102 Å². The number of amides is 3. The molecule has 0 atom stereocenters. The van der Waals surface area contributed by atoms with E-state index in [4.69, 9.17) is 0 Å². The van der Waals surface area contributed by atoms with Crippen molar-refractivity contribution >= 4 is 56.0 Å². The third-order valence-electron chi connectivity index (χ3n) is 4.59. The zero-order valence-corrected chi connectivity index (χ0v) is 19.3. The molecule has 0 spiro atoms. The molecule has 1 aromatic heterocycles. The standard InChI is InChI=1S/C24H20N4O4S2/c29-23(17-8-10-21(11-9-17)28-34(31,32)22-7-4-16-33-22)25-19-12-14-20(15-13-19)27-24(30)26-18-5-2-1-3-6-18/h1-16,28H,(H,25,29)(H2,26,27,30). The summed E-state index contributed by atoms with van der Waals surface area (Å²) in [5, 5.41) is 9.89. The Labute approximate surface area is 200 Å². The molecule has 0 fully saturated rings. The third-order valence-corrected chi connectivity index (χ3v) is 7.37. The molecule has 34 heavy (non-hydrogen) atoms. The minimum atomic E-state index is -3.65. The van der Waals surface area contributed by atoms with Crippen LogP contribution in [0.15, 0.2) is 101 Å². The maximum atomic E-state index is 12.5. The summed E-state index contributed by atoms with van der Waals surface area (Å²) in [6.45, 7) is 0. The third kappa shape index (κ3) is 6.00. The lowest BCUT2D eigenvalue weighted by molar-refractivity contribution is 0.102. The normalized spacial score (nSPS) is 10.8. The number of urea groups is 1. The highest BCUT2D eigenvalue weighted by Crippen LogP contribution is 2.21. The second-order valence-electron chi connectivity index (χ2n) is 7.09. The minimum absolute atomic E-state index is 0.213. The van der Waals surface area contributed by atoms with Gasteiger partial charge < -0.3 is 16.0 Å². The van der Waals surface area contributed by atoms with Gasteiger partial charge in [-0.2, -0.15) is 0 Å². The molecule has 0 radical (unpaired) electrons.